The van der Waals surface area contributed by atoms with E-state index < -0.39 is 0 Å². The summed E-state index contributed by atoms with van der Waals surface area (Å²) in [6, 6.07) is 8.24. The minimum absolute atomic E-state index is 0.836. The van der Waals surface area contributed by atoms with E-state index in [1.807, 2.05) is 16.8 Å². The van der Waals surface area contributed by atoms with Gasteiger partial charge in [-0.05, 0) is 18.2 Å². The fourth-order valence-electron chi connectivity index (χ4n) is 1.44. The Balaban J connectivity index is 1.95. The van der Waals surface area contributed by atoms with Gasteiger partial charge in [0.15, 0.2) is 0 Å². The van der Waals surface area contributed by atoms with Crippen molar-refractivity contribution in [3.05, 3.63) is 41.4 Å². The summed E-state index contributed by atoms with van der Waals surface area (Å²) in [6.07, 6.45) is 3.29. The molecule has 5 heteroatoms. The number of anilines is 1. The summed E-state index contributed by atoms with van der Waals surface area (Å²) >= 11 is 3.47. The van der Waals surface area contributed by atoms with Crippen LogP contribution in [0.4, 0.5) is 5.69 Å². The minimum atomic E-state index is 0.836. The fraction of sp³-hybridized carbons (Fsp3) is 0.273. The van der Waals surface area contributed by atoms with Gasteiger partial charge in [-0.3, -0.25) is 4.68 Å². The van der Waals surface area contributed by atoms with Crippen LogP contribution in [0.5, 0.6) is 0 Å². The van der Waals surface area contributed by atoms with Gasteiger partial charge >= 0.3 is 0 Å². The molecule has 84 valence electrons. The first-order valence-electron chi connectivity index (χ1n) is 5.05. The van der Waals surface area contributed by atoms with Gasteiger partial charge in [0.05, 0.1) is 6.54 Å². The van der Waals surface area contributed by atoms with E-state index in [0.717, 1.165) is 17.6 Å². The van der Waals surface area contributed by atoms with Gasteiger partial charge in [0, 0.05) is 23.8 Å². The molecule has 0 spiro atoms. The SMILES string of the molecule is CN(CCn1cncn1)c1cccc(Br)c1. The van der Waals surface area contributed by atoms with Gasteiger partial charge in [-0.25, -0.2) is 4.98 Å². The van der Waals surface area contributed by atoms with Crippen LogP contribution in [0.3, 0.4) is 0 Å². The highest BCUT2D eigenvalue weighted by atomic mass is 79.9. The van der Waals surface area contributed by atoms with Crippen molar-refractivity contribution in [3.63, 3.8) is 0 Å². The molecule has 0 aliphatic heterocycles. The molecule has 0 radical (unpaired) electrons. The zero-order valence-electron chi connectivity index (χ0n) is 9.05. The second-order valence-electron chi connectivity index (χ2n) is 3.56. The molecular weight excluding hydrogens is 268 g/mol. The largest absolute Gasteiger partial charge is 0.373 e. The Labute approximate surface area is 103 Å². The van der Waals surface area contributed by atoms with E-state index in [9.17, 15) is 0 Å². The molecule has 0 N–H and O–H groups in total. The Bertz CT molecular complexity index is 441. The highest BCUT2D eigenvalue weighted by Gasteiger charge is 2.01. The first-order chi connectivity index (χ1) is 7.75. The van der Waals surface area contributed by atoms with Crippen LogP contribution in [0.1, 0.15) is 0 Å². The Morgan fingerprint density at radius 1 is 1.44 bits per heavy atom. The zero-order chi connectivity index (χ0) is 11.4. The molecule has 0 saturated carbocycles. The van der Waals surface area contributed by atoms with E-state index >= 15 is 0 Å². The number of nitrogens with zero attached hydrogens (tertiary/aromatic N) is 4. The van der Waals surface area contributed by atoms with E-state index in [-0.39, 0.29) is 0 Å². The first-order valence-corrected chi connectivity index (χ1v) is 5.84. The van der Waals surface area contributed by atoms with Crippen molar-refractivity contribution in [1.29, 1.82) is 0 Å². The molecule has 1 aromatic carbocycles. The number of aromatic nitrogens is 3. The monoisotopic (exact) mass is 280 g/mol. The molecule has 1 heterocycles. The minimum Gasteiger partial charge on any atom is -0.373 e. The van der Waals surface area contributed by atoms with E-state index in [2.05, 4.69) is 50.1 Å². The van der Waals surface area contributed by atoms with Crippen LogP contribution in [-0.4, -0.2) is 28.4 Å². The highest BCUT2D eigenvalue weighted by Crippen LogP contribution is 2.18. The van der Waals surface area contributed by atoms with Crippen LogP contribution in [-0.2, 0) is 6.54 Å². The lowest BCUT2D eigenvalue weighted by atomic mass is 10.3. The van der Waals surface area contributed by atoms with Crippen LogP contribution in [0.2, 0.25) is 0 Å². The van der Waals surface area contributed by atoms with Crippen molar-refractivity contribution in [3.8, 4) is 0 Å². The lowest BCUT2D eigenvalue weighted by Gasteiger charge is -2.19. The molecule has 4 nitrogen and oxygen atoms in total. The summed E-state index contributed by atoms with van der Waals surface area (Å²) in [5, 5.41) is 4.07. The van der Waals surface area contributed by atoms with E-state index in [0.29, 0.717) is 0 Å². The number of likely N-dealkylation sites (N-methyl/N-ethyl adjacent to an activating group) is 1. The molecule has 0 fully saturated rings. The molecule has 0 amide bonds. The quantitative estimate of drug-likeness (QED) is 0.861. The van der Waals surface area contributed by atoms with Crippen molar-refractivity contribution in [2.45, 2.75) is 6.54 Å². The maximum atomic E-state index is 4.07. The van der Waals surface area contributed by atoms with Crippen molar-refractivity contribution >= 4 is 21.6 Å². The summed E-state index contributed by atoms with van der Waals surface area (Å²) in [4.78, 5) is 6.10. The number of benzene rings is 1. The smallest absolute Gasteiger partial charge is 0.137 e. The molecule has 16 heavy (non-hydrogen) atoms. The standard InChI is InChI=1S/C11H13BrN4/c1-15(5-6-16-9-13-8-14-16)11-4-2-3-10(12)7-11/h2-4,7-9H,5-6H2,1H3. The normalized spacial score (nSPS) is 10.4. The van der Waals surface area contributed by atoms with Crippen molar-refractivity contribution < 1.29 is 0 Å². The van der Waals surface area contributed by atoms with Crippen LogP contribution in [0.15, 0.2) is 41.4 Å². The lowest BCUT2D eigenvalue weighted by Crippen LogP contribution is -2.22. The van der Waals surface area contributed by atoms with Gasteiger partial charge in [-0.15, -0.1) is 0 Å². The summed E-state index contributed by atoms with van der Waals surface area (Å²) in [6.45, 7) is 1.74. The maximum Gasteiger partial charge on any atom is 0.137 e. The molecule has 0 atom stereocenters. The molecule has 0 saturated heterocycles. The Kier molecular flexibility index (Phi) is 3.56. The van der Waals surface area contributed by atoms with Gasteiger partial charge in [0.25, 0.3) is 0 Å². The van der Waals surface area contributed by atoms with Crippen molar-refractivity contribution in [2.24, 2.45) is 0 Å². The topological polar surface area (TPSA) is 34.0 Å². The fourth-order valence-corrected chi connectivity index (χ4v) is 1.83. The molecule has 0 aliphatic carbocycles. The van der Waals surface area contributed by atoms with E-state index in [1.165, 1.54) is 5.69 Å². The predicted molar refractivity (Wildman–Crippen MR) is 67.4 cm³/mol. The van der Waals surface area contributed by atoms with Crippen LogP contribution < -0.4 is 4.90 Å². The second-order valence-corrected chi connectivity index (χ2v) is 4.48. The van der Waals surface area contributed by atoms with Crippen LogP contribution in [0, 0.1) is 0 Å². The molecule has 0 unspecified atom stereocenters. The van der Waals surface area contributed by atoms with Gasteiger partial charge < -0.3 is 4.90 Å². The molecule has 0 aliphatic rings. The van der Waals surface area contributed by atoms with Crippen molar-refractivity contribution in [2.75, 3.05) is 18.5 Å². The Hall–Kier alpha value is -1.36. The molecule has 0 bridgehead atoms. The zero-order valence-corrected chi connectivity index (χ0v) is 10.6. The second kappa shape index (κ2) is 5.12. The molecular formula is C11H13BrN4. The predicted octanol–water partition coefficient (Wildman–Crippen LogP) is 2.18. The van der Waals surface area contributed by atoms with Crippen molar-refractivity contribution in [1.82, 2.24) is 14.8 Å². The summed E-state index contributed by atoms with van der Waals surface area (Å²) < 4.78 is 2.92. The first kappa shape index (κ1) is 11.1. The Morgan fingerprint density at radius 3 is 3.00 bits per heavy atom. The number of hydrogen-bond donors (Lipinski definition) is 0. The summed E-state index contributed by atoms with van der Waals surface area (Å²) in [5.74, 6) is 0. The molecule has 2 rings (SSSR count). The van der Waals surface area contributed by atoms with Crippen LogP contribution in [0.25, 0.3) is 0 Å². The lowest BCUT2D eigenvalue weighted by molar-refractivity contribution is 0.610. The summed E-state index contributed by atoms with van der Waals surface area (Å²) in [5.41, 5.74) is 1.19. The molecule has 2 aromatic rings. The average molecular weight is 281 g/mol. The number of halogens is 1. The number of rotatable bonds is 4. The maximum absolute atomic E-state index is 4.07. The third-order valence-corrected chi connectivity index (χ3v) is 2.87. The molecule has 1 aromatic heterocycles. The number of hydrogen-bond acceptors (Lipinski definition) is 3. The van der Waals surface area contributed by atoms with Gasteiger partial charge in [0.1, 0.15) is 12.7 Å². The van der Waals surface area contributed by atoms with E-state index in [4.69, 9.17) is 0 Å². The van der Waals surface area contributed by atoms with Gasteiger partial charge in [-0.1, -0.05) is 22.0 Å². The van der Waals surface area contributed by atoms with Gasteiger partial charge in [-0.2, -0.15) is 5.10 Å². The summed E-state index contributed by atoms with van der Waals surface area (Å²) in [7, 11) is 2.07. The average Bonchev–Trinajstić information content (AvgIpc) is 2.78. The van der Waals surface area contributed by atoms with Gasteiger partial charge in [0.2, 0.25) is 0 Å². The Morgan fingerprint density at radius 2 is 2.31 bits per heavy atom. The highest BCUT2D eigenvalue weighted by molar-refractivity contribution is 9.10. The van der Waals surface area contributed by atoms with Crippen LogP contribution >= 0.6 is 15.9 Å². The third-order valence-electron chi connectivity index (χ3n) is 2.38. The van der Waals surface area contributed by atoms with E-state index in [1.54, 1.807) is 12.7 Å². The third kappa shape index (κ3) is 2.82.